The van der Waals surface area contributed by atoms with Crippen LogP contribution in [0.5, 0.6) is 5.75 Å². The van der Waals surface area contributed by atoms with Gasteiger partial charge in [-0.05, 0) is 0 Å². The SMILES string of the molecule is COc1cnc(C(F)F)c(C(F)(F)F)c1CN. The van der Waals surface area contributed by atoms with E-state index in [1.54, 1.807) is 0 Å². The molecule has 1 aromatic rings. The second kappa shape index (κ2) is 4.82. The third-order valence-electron chi connectivity index (χ3n) is 2.09. The third-order valence-corrected chi connectivity index (χ3v) is 2.09. The second-order valence-corrected chi connectivity index (χ2v) is 3.07. The van der Waals surface area contributed by atoms with Gasteiger partial charge in [-0.2, -0.15) is 13.2 Å². The van der Waals surface area contributed by atoms with E-state index in [4.69, 9.17) is 5.73 Å². The summed E-state index contributed by atoms with van der Waals surface area (Å²) >= 11 is 0. The third kappa shape index (κ3) is 2.63. The number of pyridine rings is 1. The highest BCUT2D eigenvalue weighted by Crippen LogP contribution is 2.40. The number of halogens is 5. The minimum atomic E-state index is -4.96. The van der Waals surface area contributed by atoms with Crippen molar-refractivity contribution in [1.82, 2.24) is 4.98 Å². The Morgan fingerprint density at radius 3 is 2.35 bits per heavy atom. The lowest BCUT2D eigenvalue weighted by Crippen LogP contribution is -2.18. The van der Waals surface area contributed by atoms with Crippen LogP contribution in [0.3, 0.4) is 0 Å². The van der Waals surface area contributed by atoms with Gasteiger partial charge in [0.25, 0.3) is 6.43 Å². The highest BCUT2D eigenvalue weighted by molar-refractivity contribution is 5.43. The number of alkyl halides is 5. The lowest BCUT2D eigenvalue weighted by Gasteiger charge is -2.17. The Labute approximate surface area is 93.4 Å². The van der Waals surface area contributed by atoms with Gasteiger partial charge >= 0.3 is 6.18 Å². The molecule has 0 saturated heterocycles. The maximum Gasteiger partial charge on any atom is 0.418 e. The van der Waals surface area contributed by atoms with Crippen molar-refractivity contribution >= 4 is 0 Å². The number of hydrogen-bond acceptors (Lipinski definition) is 3. The molecule has 0 unspecified atom stereocenters. The van der Waals surface area contributed by atoms with Crippen LogP contribution in [0, 0.1) is 0 Å². The van der Waals surface area contributed by atoms with E-state index >= 15 is 0 Å². The monoisotopic (exact) mass is 256 g/mol. The molecule has 1 heterocycles. The molecule has 0 amide bonds. The van der Waals surface area contributed by atoms with Crippen LogP contribution in [0.1, 0.15) is 23.2 Å². The highest BCUT2D eigenvalue weighted by Gasteiger charge is 2.40. The van der Waals surface area contributed by atoms with Gasteiger partial charge in [0.05, 0.1) is 18.9 Å². The van der Waals surface area contributed by atoms with Crippen LogP contribution < -0.4 is 10.5 Å². The first-order chi connectivity index (χ1) is 7.82. The molecule has 0 spiro atoms. The van der Waals surface area contributed by atoms with Gasteiger partial charge in [0.1, 0.15) is 11.4 Å². The fourth-order valence-corrected chi connectivity index (χ4v) is 1.41. The average molecular weight is 256 g/mol. The average Bonchev–Trinajstić information content (AvgIpc) is 2.25. The van der Waals surface area contributed by atoms with Gasteiger partial charge in [-0.3, -0.25) is 4.98 Å². The molecule has 0 radical (unpaired) electrons. The Balaban J connectivity index is 3.56. The molecule has 0 aliphatic carbocycles. The zero-order chi connectivity index (χ0) is 13.2. The Bertz CT molecular complexity index is 405. The minimum absolute atomic E-state index is 0.260. The van der Waals surface area contributed by atoms with Crippen molar-refractivity contribution in [3.63, 3.8) is 0 Å². The number of ether oxygens (including phenoxy) is 1. The van der Waals surface area contributed by atoms with E-state index in [0.717, 1.165) is 13.3 Å². The van der Waals surface area contributed by atoms with Crippen molar-refractivity contribution in [2.45, 2.75) is 19.1 Å². The molecule has 0 bridgehead atoms. The van der Waals surface area contributed by atoms with Crippen LogP contribution in [0.4, 0.5) is 22.0 Å². The zero-order valence-electron chi connectivity index (χ0n) is 8.68. The standard InChI is InChI=1S/C9H9F5N2O/c1-17-5-3-16-7(8(10)11)6(4(5)2-15)9(12,13)14/h3,8H,2,15H2,1H3. The molecule has 0 aromatic carbocycles. The summed E-state index contributed by atoms with van der Waals surface area (Å²) in [5.74, 6) is -0.260. The molecule has 2 N–H and O–H groups in total. The normalized spacial score (nSPS) is 12.0. The van der Waals surface area contributed by atoms with Gasteiger partial charge in [0, 0.05) is 12.1 Å². The molecule has 0 saturated carbocycles. The van der Waals surface area contributed by atoms with E-state index in [0.29, 0.717) is 0 Å². The largest absolute Gasteiger partial charge is 0.495 e. The Hall–Kier alpha value is -1.44. The number of nitrogens with zero attached hydrogens (tertiary/aromatic N) is 1. The predicted molar refractivity (Wildman–Crippen MR) is 48.6 cm³/mol. The smallest absolute Gasteiger partial charge is 0.418 e. The molecule has 0 aliphatic rings. The molecule has 3 nitrogen and oxygen atoms in total. The first kappa shape index (κ1) is 13.6. The van der Waals surface area contributed by atoms with Gasteiger partial charge in [0.2, 0.25) is 0 Å². The van der Waals surface area contributed by atoms with Crippen molar-refractivity contribution in [2.75, 3.05) is 7.11 Å². The summed E-state index contributed by atoms with van der Waals surface area (Å²) in [7, 11) is 1.11. The van der Waals surface area contributed by atoms with Crippen molar-refractivity contribution in [2.24, 2.45) is 5.73 Å². The molecule has 8 heteroatoms. The van der Waals surface area contributed by atoms with Crippen molar-refractivity contribution in [1.29, 1.82) is 0 Å². The summed E-state index contributed by atoms with van der Waals surface area (Å²) in [5, 5.41) is 0. The summed E-state index contributed by atoms with van der Waals surface area (Å²) in [5.41, 5.74) is 1.76. The van der Waals surface area contributed by atoms with E-state index in [-0.39, 0.29) is 5.75 Å². The van der Waals surface area contributed by atoms with E-state index < -0.39 is 36.0 Å². The Morgan fingerprint density at radius 2 is 2.00 bits per heavy atom. The number of aromatic nitrogens is 1. The Morgan fingerprint density at radius 1 is 1.41 bits per heavy atom. The highest BCUT2D eigenvalue weighted by atomic mass is 19.4. The number of nitrogens with two attached hydrogens (primary N) is 1. The quantitative estimate of drug-likeness (QED) is 0.845. The molecule has 17 heavy (non-hydrogen) atoms. The van der Waals surface area contributed by atoms with Gasteiger partial charge in [0.15, 0.2) is 0 Å². The fourth-order valence-electron chi connectivity index (χ4n) is 1.41. The van der Waals surface area contributed by atoms with Crippen LogP contribution >= 0.6 is 0 Å². The molecule has 0 aliphatic heterocycles. The van der Waals surface area contributed by atoms with Crippen LogP contribution in [-0.2, 0) is 12.7 Å². The van der Waals surface area contributed by atoms with Gasteiger partial charge in [-0.1, -0.05) is 0 Å². The summed E-state index contributed by atoms with van der Waals surface area (Å²) in [6, 6.07) is 0. The van der Waals surface area contributed by atoms with E-state index in [1.807, 2.05) is 0 Å². The minimum Gasteiger partial charge on any atom is -0.495 e. The van der Waals surface area contributed by atoms with Crippen LogP contribution in [0.25, 0.3) is 0 Å². The Kier molecular flexibility index (Phi) is 3.87. The molecule has 1 rings (SSSR count). The van der Waals surface area contributed by atoms with Gasteiger partial charge in [-0.15, -0.1) is 0 Å². The van der Waals surface area contributed by atoms with E-state index in [9.17, 15) is 22.0 Å². The summed E-state index contributed by atoms with van der Waals surface area (Å²) in [6.07, 6.45) is -7.48. The zero-order valence-corrected chi connectivity index (χ0v) is 8.68. The van der Waals surface area contributed by atoms with E-state index in [2.05, 4.69) is 9.72 Å². The van der Waals surface area contributed by atoms with Crippen LogP contribution in [-0.4, -0.2) is 12.1 Å². The lowest BCUT2D eigenvalue weighted by atomic mass is 10.0. The van der Waals surface area contributed by atoms with Crippen LogP contribution in [0.2, 0.25) is 0 Å². The molecular weight excluding hydrogens is 247 g/mol. The van der Waals surface area contributed by atoms with Gasteiger partial charge < -0.3 is 10.5 Å². The fraction of sp³-hybridized carbons (Fsp3) is 0.444. The van der Waals surface area contributed by atoms with Crippen molar-refractivity contribution < 1.29 is 26.7 Å². The van der Waals surface area contributed by atoms with Crippen LogP contribution in [0.15, 0.2) is 6.20 Å². The van der Waals surface area contributed by atoms with Gasteiger partial charge in [-0.25, -0.2) is 8.78 Å². The lowest BCUT2D eigenvalue weighted by molar-refractivity contribution is -0.140. The molecule has 0 fully saturated rings. The molecule has 0 atom stereocenters. The number of methoxy groups -OCH3 is 1. The summed E-state index contributed by atoms with van der Waals surface area (Å²) in [6.45, 7) is -0.569. The molecular formula is C9H9F5N2O. The maximum absolute atomic E-state index is 12.7. The second-order valence-electron chi connectivity index (χ2n) is 3.07. The summed E-state index contributed by atoms with van der Waals surface area (Å²) in [4.78, 5) is 3.07. The predicted octanol–water partition coefficient (Wildman–Crippen LogP) is 2.51. The molecule has 1 aromatic heterocycles. The number of rotatable bonds is 3. The molecule has 96 valence electrons. The summed E-state index contributed by atoms with van der Waals surface area (Å²) < 4.78 is 67.6. The first-order valence-corrected chi connectivity index (χ1v) is 4.44. The van der Waals surface area contributed by atoms with Crippen molar-refractivity contribution in [3.8, 4) is 5.75 Å². The first-order valence-electron chi connectivity index (χ1n) is 4.44. The van der Waals surface area contributed by atoms with Crippen molar-refractivity contribution in [3.05, 3.63) is 23.0 Å². The van der Waals surface area contributed by atoms with E-state index in [1.165, 1.54) is 0 Å². The maximum atomic E-state index is 12.7. The number of hydrogen-bond donors (Lipinski definition) is 1. The topological polar surface area (TPSA) is 48.1 Å².